The first-order valence-corrected chi connectivity index (χ1v) is 12.3. The fourth-order valence-electron chi connectivity index (χ4n) is 3.38. The summed E-state index contributed by atoms with van der Waals surface area (Å²) in [5, 5.41) is 8.88. The molecule has 1 fully saturated rings. The van der Waals surface area contributed by atoms with Gasteiger partial charge in [0.15, 0.2) is 0 Å². The molecule has 1 aliphatic rings. The van der Waals surface area contributed by atoms with E-state index in [1.165, 1.54) is 29.1 Å². The first-order valence-electron chi connectivity index (χ1n) is 9.39. The van der Waals surface area contributed by atoms with Crippen molar-refractivity contribution in [2.24, 2.45) is 5.14 Å². The van der Waals surface area contributed by atoms with E-state index in [9.17, 15) is 31.2 Å². The summed E-state index contributed by atoms with van der Waals surface area (Å²) in [7, 11) is -4.08. The summed E-state index contributed by atoms with van der Waals surface area (Å²) >= 11 is 6.31. The van der Waals surface area contributed by atoms with E-state index in [-0.39, 0.29) is 22.0 Å². The molecule has 2 amide bonds. The minimum absolute atomic E-state index is 0.00509. The summed E-state index contributed by atoms with van der Waals surface area (Å²) in [4.78, 5) is 24.9. The van der Waals surface area contributed by atoms with Gasteiger partial charge in [-0.2, -0.15) is 18.3 Å². The topological polar surface area (TPSA) is 115 Å². The predicted octanol–water partition coefficient (Wildman–Crippen LogP) is 4.04. The van der Waals surface area contributed by atoms with Gasteiger partial charge in [0.05, 0.1) is 28.7 Å². The van der Waals surface area contributed by atoms with Gasteiger partial charge in [-0.1, -0.05) is 23.7 Å². The van der Waals surface area contributed by atoms with Crippen LogP contribution < -0.4 is 5.14 Å². The van der Waals surface area contributed by atoms with Crippen molar-refractivity contribution in [3.63, 3.8) is 0 Å². The second-order valence-electron chi connectivity index (χ2n) is 7.32. The number of carbonyl (C=O) groups excluding carboxylic acids is 2. The van der Waals surface area contributed by atoms with Crippen LogP contribution in [-0.2, 0) is 27.5 Å². The lowest BCUT2D eigenvalue weighted by molar-refractivity contribution is -0.138. The van der Waals surface area contributed by atoms with E-state index in [1.807, 2.05) is 0 Å². The van der Waals surface area contributed by atoms with Crippen molar-refractivity contribution in [1.29, 1.82) is 0 Å². The minimum Gasteiger partial charge on any atom is -0.268 e. The molecule has 2 N–H and O–H groups in total. The van der Waals surface area contributed by atoms with Gasteiger partial charge in [-0.3, -0.25) is 19.2 Å². The van der Waals surface area contributed by atoms with Crippen molar-refractivity contribution in [3.05, 3.63) is 69.2 Å². The third-order valence-electron chi connectivity index (χ3n) is 4.84. The highest BCUT2D eigenvalue weighted by Gasteiger charge is 2.37. The zero-order chi connectivity index (χ0) is 24.8. The monoisotopic (exact) mass is 530 g/mol. The maximum absolute atomic E-state index is 13.4. The van der Waals surface area contributed by atoms with E-state index in [2.05, 4.69) is 5.10 Å². The summed E-state index contributed by atoms with van der Waals surface area (Å²) in [6.45, 7) is -0.151. The van der Waals surface area contributed by atoms with Gasteiger partial charge in [0.1, 0.15) is 5.88 Å². The van der Waals surface area contributed by atoms with Crippen molar-refractivity contribution >= 4 is 61.5 Å². The summed E-state index contributed by atoms with van der Waals surface area (Å²) in [5.41, 5.74) is 0.197. The number of thioether (sulfide) groups is 1. The molecule has 2 heterocycles. The average Bonchev–Trinajstić information content (AvgIpc) is 3.23. The molecule has 2 aromatic carbocycles. The van der Waals surface area contributed by atoms with Crippen LogP contribution in [-0.4, -0.2) is 40.1 Å². The van der Waals surface area contributed by atoms with Crippen LogP contribution in [0.5, 0.6) is 0 Å². The molecule has 0 saturated carbocycles. The number of fused-ring (bicyclic) bond motifs is 1. The Morgan fingerprint density at radius 1 is 1.15 bits per heavy atom. The molecule has 178 valence electrons. The van der Waals surface area contributed by atoms with Gasteiger partial charge in [0.25, 0.3) is 11.1 Å². The van der Waals surface area contributed by atoms with Crippen LogP contribution in [0.25, 0.3) is 17.0 Å². The van der Waals surface area contributed by atoms with Crippen LogP contribution in [0, 0.1) is 0 Å². The standard InChI is InChI=1S/C20H14ClF3N4O4S2/c21-14-3-2-12(15(7-14)20(22,23)24)9-28-16-4-1-11(5-13(16)8-26-28)6-17-18(29)27(19(30)33-17)10-34(25,31)32/h1-8H,9-10H2,(H2,25,31,32). The molecular formula is C20H14ClF3N4O4S2. The number of benzene rings is 2. The van der Waals surface area contributed by atoms with Gasteiger partial charge in [0.2, 0.25) is 10.0 Å². The molecule has 8 nitrogen and oxygen atoms in total. The molecule has 0 bridgehead atoms. The fourth-order valence-corrected chi connectivity index (χ4v) is 5.06. The quantitative estimate of drug-likeness (QED) is 0.498. The van der Waals surface area contributed by atoms with Gasteiger partial charge in [-0.25, -0.2) is 13.6 Å². The Labute approximate surface area is 200 Å². The number of nitrogens with two attached hydrogens (primary N) is 1. The number of hydrogen-bond donors (Lipinski definition) is 1. The number of halogens is 4. The number of imide groups is 1. The highest BCUT2D eigenvalue weighted by atomic mass is 35.5. The maximum atomic E-state index is 13.4. The Morgan fingerprint density at radius 3 is 2.56 bits per heavy atom. The van der Waals surface area contributed by atoms with Crippen LogP contribution in [0.4, 0.5) is 18.0 Å². The average molecular weight is 531 g/mol. The molecule has 1 aliphatic heterocycles. The smallest absolute Gasteiger partial charge is 0.268 e. The molecule has 0 unspecified atom stereocenters. The predicted molar refractivity (Wildman–Crippen MR) is 121 cm³/mol. The number of rotatable bonds is 5. The summed E-state index contributed by atoms with van der Waals surface area (Å²) in [5.74, 6) is -1.71. The number of alkyl halides is 3. The number of sulfonamides is 1. The van der Waals surface area contributed by atoms with Crippen LogP contribution in [0.3, 0.4) is 0 Å². The van der Waals surface area contributed by atoms with Crippen molar-refractivity contribution in [2.45, 2.75) is 12.7 Å². The highest BCUT2D eigenvalue weighted by Crippen LogP contribution is 2.35. The lowest BCUT2D eigenvalue weighted by Crippen LogP contribution is -2.36. The molecular weight excluding hydrogens is 517 g/mol. The second-order valence-corrected chi connectivity index (χ2v) is 10.3. The summed E-state index contributed by atoms with van der Waals surface area (Å²) in [6.07, 6.45) is -1.71. The van der Waals surface area contributed by atoms with Gasteiger partial charge >= 0.3 is 6.18 Å². The van der Waals surface area contributed by atoms with Crippen molar-refractivity contribution < 1.29 is 31.2 Å². The molecule has 0 radical (unpaired) electrons. The molecule has 1 aromatic heterocycles. The van der Waals surface area contributed by atoms with Crippen LogP contribution in [0.2, 0.25) is 5.02 Å². The zero-order valence-electron chi connectivity index (χ0n) is 16.9. The third kappa shape index (κ3) is 5.12. The maximum Gasteiger partial charge on any atom is 0.416 e. The molecule has 14 heteroatoms. The zero-order valence-corrected chi connectivity index (χ0v) is 19.3. The van der Waals surface area contributed by atoms with E-state index in [0.29, 0.717) is 33.1 Å². The number of primary sulfonamides is 1. The SMILES string of the molecule is NS(=O)(=O)CN1C(=O)SC(=Cc2ccc3c(cnn3Cc3ccc(Cl)cc3C(F)(F)F)c2)C1=O. The van der Waals surface area contributed by atoms with Crippen molar-refractivity contribution in [2.75, 3.05) is 5.88 Å². The van der Waals surface area contributed by atoms with E-state index in [1.54, 1.807) is 18.2 Å². The Bertz CT molecular complexity index is 1470. The molecule has 4 rings (SSSR count). The van der Waals surface area contributed by atoms with Gasteiger partial charge < -0.3 is 0 Å². The highest BCUT2D eigenvalue weighted by molar-refractivity contribution is 8.18. The number of aromatic nitrogens is 2. The van der Waals surface area contributed by atoms with Crippen molar-refractivity contribution in [1.82, 2.24) is 14.7 Å². The molecule has 0 aliphatic carbocycles. The number of hydrogen-bond acceptors (Lipinski definition) is 6. The molecule has 3 aromatic rings. The van der Waals surface area contributed by atoms with E-state index >= 15 is 0 Å². The Kier molecular flexibility index (Phi) is 6.23. The largest absolute Gasteiger partial charge is 0.416 e. The Hall–Kier alpha value is -2.87. The normalized spacial score (nSPS) is 16.3. The molecule has 0 atom stereocenters. The van der Waals surface area contributed by atoms with E-state index in [0.717, 1.165) is 6.07 Å². The van der Waals surface area contributed by atoms with Crippen molar-refractivity contribution in [3.8, 4) is 0 Å². The van der Waals surface area contributed by atoms with Crippen LogP contribution in [0.1, 0.15) is 16.7 Å². The lowest BCUT2D eigenvalue weighted by atomic mass is 10.1. The van der Waals surface area contributed by atoms with Gasteiger partial charge in [-0.15, -0.1) is 0 Å². The first-order chi connectivity index (χ1) is 15.8. The minimum atomic E-state index is -4.58. The number of nitrogens with zero attached hydrogens (tertiary/aromatic N) is 3. The lowest BCUT2D eigenvalue weighted by Gasteiger charge is -2.14. The van der Waals surface area contributed by atoms with E-state index < -0.39 is 38.8 Å². The van der Waals surface area contributed by atoms with Crippen LogP contribution in [0.15, 0.2) is 47.5 Å². The van der Waals surface area contributed by atoms with Gasteiger partial charge in [-0.05, 0) is 53.2 Å². The van der Waals surface area contributed by atoms with E-state index in [4.69, 9.17) is 16.7 Å². The second kappa shape index (κ2) is 8.73. The Balaban J connectivity index is 1.62. The number of carbonyl (C=O) groups is 2. The molecule has 0 spiro atoms. The van der Waals surface area contributed by atoms with Crippen LogP contribution >= 0.6 is 23.4 Å². The fraction of sp³-hybridized carbons (Fsp3) is 0.150. The third-order valence-corrected chi connectivity index (χ3v) is 6.60. The van der Waals surface area contributed by atoms with Gasteiger partial charge in [0, 0.05) is 10.4 Å². The summed E-state index contributed by atoms with van der Waals surface area (Å²) < 4.78 is 64.1. The first kappa shape index (κ1) is 24.3. The molecule has 34 heavy (non-hydrogen) atoms. The molecule has 1 saturated heterocycles. The Morgan fingerprint density at radius 2 is 1.88 bits per heavy atom. The summed E-state index contributed by atoms with van der Waals surface area (Å²) in [6, 6.07) is 8.39. The number of amides is 2.